The van der Waals surface area contributed by atoms with Gasteiger partial charge in [0.2, 0.25) is 0 Å². The second-order valence-electron chi connectivity index (χ2n) is 6.23. The number of aliphatic hydroxyl groups excluding tert-OH is 12. The molecular weight excluding hydrogens is 499 g/mol. The Labute approximate surface area is 192 Å². The molecule has 14 N–H and O–H groups in total. The summed E-state index contributed by atoms with van der Waals surface area (Å²) in [5.41, 5.74) is 0. The van der Waals surface area contributed by atoms with E-state index < -0.39 is 102 Å². The number of hydrogen-bond acceptors (Lipinski definition) is 16. The maximum Gasteiger partial charge on any atom is 0.469 e. The molecule has 0 aliphatic carbocycles. The van der Waals surface area contributed by atoms with Gasteiger partial charge < -0.3 is 71.1 Å². The first-order chi connectivity index (χ1) is 15.5. The van der Waals surface area contributed by atoms with Gasteiger partial charge in [0.15, 0.2) is 11.6 Å². The van der Waals surface area contributed by atoms with Crippen molar-refractivity contribution in [2.24, 2.45) is 0 Å². The Balaban J connectivity index is -0.000000434. The number of phosphoric acid groups is 1. The third-order valence-electron chi connectivity index (χ3n) is 3.46. The lowest BCUT2D eigenvalue weighted by Crippen LogP contribution is -2.41. The highest BCUT2D eigenvalue weighted by Gasteiger charge is 2.26. The molecule has 206 valence electrons. The number of carbonyl (C=O) groups excluding carboxylic acids is 2. The molecule has 18 nitrogen and oxygen atoms in total. The monoisotopic (exact) mass is 532 g/mol. The number of Topliss-reactive ketones (excluding diaryl/α,β-unsaturated/α-hetero) is 2. The predicted molar refractivity (Wildman–Crippen MR) is 105 cm³/mol. The van der Waals surface area contributed by atoms with Gasteiger partial charge in [-0.05, 0) is 0 Å². The Morgan fingerprint density at radius 2 is 0.941 bits per heavy atom. The average molecular weight is 532 g/mol. The molecule has 0 spiro atoms. The van der Waals surface area contributed by atoms with Crippen molar-refractivity contribution < 1.29 is 89.7 Å². The van der Waals surface area contributed by atoms with Gasteiger partial charge in [-0.15, -0.1) is 0 Å². The number of phosphoric ester groups is 1. The van der Waals surface area contributed by atoms with Crippen molar-refractivity contribution >= 4 is 19.4 Å². The highest BCUT2D eigenvalue weighted by Crippen LogP contribution is 2.35. The van der Waals surface area contributed by atoms with Crippen LogP contribution in [0.5, 0.6) is 0 Å². The molecule has 2 unspecified atom stereocenters. The van der Waals surface area contributed by atoms with E-state index in [4.69, 9.17) is 71.1 Å². The van der Waals surface area contributed by atoms with Crippen LogP contribution in [0.2, 0.25) is 0 Å². The largest absolute Gasteiger partial charge is 0.469 e. The number of ketones is 2. The van der Waals surface area contributed by atoms with E-state index in [1.165, 1.54) is 0 Å². The SMILES string of the molecule is O=C(CO)C(O)C(O)CO.O=C(CO)[C@@H](O)[C@H](O)COP(=O)(O)O.OC[C@@H](O)[C@H](O)[C@@H](O)CO. The number of hydrogen-bond donors (Lipinski definition) is 14. The average Bonchev–Trinajstić information content (AvgIpc) is 2.83. The van der Waals surface area contributed by atoms with Gasteiger partial charge in [-0.25, -0.2) is 4.57 Å². The Bertz CT molecular complexity index is 574. The minimum absolute atomic E-state index is 0.641. The summed E-state index contributed by atoms with van der Waals surface area (Å²) in [7, 11) is -4.74. The van der Waals surface area contributed by atoms with Crippen LogP contribution in [0.4, 0.5) is 0 Å². The summed E-state index contributed by atoms with van der Waals surface area (Å²) in [5.74, 6) is -1.96. The lowest BCUT2D eigenvalue weighted by Gasteiger charge is -2.19. The Morgan fingerprint density at radius 1 is 0.618 bits per heavy atom. The molecule has 0 radical (unpaired) electrons. The fourth-order valence-electron chi connectivity index (χ4n) is 1.45. The van der Waals surface area contributed by atoms with E-state index >= 15 is 0 Å². The second kappa shape index (κ2) is 20.2. The standard InChI is InChI=1S/C5H11O8P.C5H12O5.C5H10O5/c6-1-3(7)5(9)4(8)2-13-14(10,11)12;2*6-1-3(8)5(10)4(9)2-7/h4-6,8-9H,1-2H2,(H2,10,11,12);3-10H,1-2H2;3,5-8,10H,1-2H2/t4-,5-;3-,4+,5+;/m1../s1. The molecule has 0 saturated heterocycles. The molecule has 0 aliphatic rings. The maximum absolute atomic E-state index is 10.6. The first-order valence-corrected chi connectivity index (χ1v) is 10.6. The van der Waals surface area contributed by atoms with E-state index in [2.05, 4.69) is 4.52 Å². The molecule has 0 amide bonds. The van der Waals surface area contributed by atoms with E-state index in [0.717, 1.165) is 0 Å². The second-order valence-corrected chi connectivity index (χ2v) is 7.47. The third-order valence-corrected chi connectivity index (χ3v) is 3.95. The summed E-state index contributed by atoms with van der Waals surface area (Å²) in [6, 6.07) is 0. The first-order valence-electron chi connectivity index (χ1n) is 9.10. The van der Waals surface area contributed by atoms with Crippen molar-refractivity contribution in [3.63, 3.8) is 0 Å². The van der Waals surface area contributed by atoms with Crippen LogP contribution in [0, 0.1) is 0 Å². The summed E-state index contributed by atoms with van der Waals surface area (Å²) < 4.78 is 14.0. The van der Waals surface area contributed by atoms with Crippen LogP contribution in [-0.4, -0.2) is 165 Å². The topological polar surface area (TPSA) is 344 Å². The molecule has 0 aliphatic heterocycles. The van der Waals surface area contributed by atoms with Gasteiger partial charge in [0.1, 0.15) is 55.9 Å². The molecule has 0 heterocycles. The summed E-state index contributed by atoms with van der Waals surface area (Å²) >= 11 is 0. The van der Waals surface area contributed by atoms with Crippen molar-refractivity contribution in [1.82, 2.24) is 0 Å². The lowest BCUT2D eigenvalue weighted by atomic mass is 10.1. The number of rotatable bonds is 14. The van der Waals surface area contributed by atoms with E-state index in [1.807, 2.05) is 0 Å². The van der Waals surface area contributed by atoms with Crippen molar-refractivity contribution in [2.75, 3.05) is 39.6 Å². The zero-order valence-electron chi connectivity index (χ0n) is 17.6. The van der Waals surface area contributed by atoms with Gasteiger partial charge in [-0.3, -0.25) is 14.1 Å². The summed E-state index contributed by atoms with van der Waals surface area (Å²) in [4.78, 5) is 37.3. The van der Waals surface area contributed by atoms with Gasteiger partial charge in [-0.1, -0.05) is 0 Å². The van der Waals surface area contributed by atoms with Crippen LogP contribution in [0.3, 0.4) is 0 Å². The number of aliphatic hydroxyl groups is 12. The van der Waals surface area contributed by atoms with Crippen molar-refractivity contribution in [3.8, 4) is 0 Å². The highest BCUT2D eigenvalue weighted by molar-refractivity contribution is 7.46. The minimum atomic E-state index is -4.74. The van der Waals surface area contributed by atoms with Crippen molar-refractivity contribution in [1.29, 1.82) is 0 Å². The molecule has 0 aromatic carbocycles. The lowest BCUT2D eigenvalue weighted by molar-refractivity contribution is -0.137. The molecule has 19 heteroatoms. The predicted octanol–water partition coefficient (Wildman–Crippen LogP) is -8.31. The fourth-order valence-corrected chi connectivity index (χ4v) is 1.80. The van der Waals surface area contributed by atoms with Gasteiger partial charge in [-0.2, -0.15) is 0 Å². The molecule has 34 heavy (non-hydrogen) atoms. The van der Waals surface area contributed by atoms with Crippen molar-refractivity contribution in [3.05, 3.63) is 0 Å². The quantitative estimate of drug-likeness (QED) is 0.0923. The highest BCUT2D eigenvalue weighted by atomic mass is 31.2. The summed E-state index contributed by atoms with van der Waals surface area (Å²) in [5, 5.41) is 102. The van der Waals surface area contributed by atoms with Gasteiger partial charge >= 0.3 is 7.82 Å². The summed E-state index contributed by atoms with van der Waals surface area (Å²) in [6.45, 7) is -4.70. The molecule has 0 aromatic rings. The van der Waals surface area contributed by atoms with Gasteiger partial charge in [0.05, 0.1) is 26.4 Å². The van der Waals surface area contributed by atoms with Crippen molar-refractivity contribution in [2.45, 2.75) is 42.7 Å². The molecule has 0 fully saturated rings. The maximum atomic E-state index is 10.6. The number of carbonyl (C=O) groups is 2. The Hall–Kier alpha value is -1.03. The fraction of sp³-hybridized carbons (Fsp3) is 0.867. The van der Waals surface area contributed by atoms with Gasteiger partial charge in [0.25, 0.3) is 0 Å². The van der Waals surface area contributed by atoms with Crippen LogP contribution >= 0.6 is 7.82 Å². The molecule has 0 rings (SSSR count). The summed E-state index contributed by atoms with van der Waals surface area (Å²) in [6.07, 6.45) is -11.2. The minimum Gasteiger partial charge on any atom is -0.394 e. The smallest absolute Gasteiger partial charge is 0.394 e. The van der Waals surface area contributed by atoms with E-state index in [-0.39, 0.29) is 0 Å². The Morgan fingerprint density at radius 3 is 1.21 bits per heavy atom. The van der Waals surface area contributed by atoms with E-state index in [1.54, 1.807) is 0 Å². The van der Waals surface area contributed by atoms with Crippen LogP contribution in [0.25, 0.3) is 0 Å². The normalized spacial score (nSPS) is 17.5. The van der Waals surface area contributed by atoms with Crippen LogP contribution in [-0.2, 0) is 18.7 Å². The van der Waals surface area contributed by atoms with E-state index in [0.29, 0.717) is 0 Å². The van der Waals surface area contributed by atoms with Crippen LogP contribution < -0.4 is 0 Å². The Kier molecular flexibility index (Phi) is 22.3. The zero-order chi connectivity index (χ0) is 27.6. The first kappa shape index (κ1) is 37.5. The third kappa shape index (κ3) is 18.3. The molecule has 7 atom stereocenters. The molecule has 0 saturated carbocycles. The zero-order valence-corrected chi connectivity index (χ0v) is 18.5. The molecular formula is C15H33O18P. The van der Waals surface area contributed by atoms with Crippen LogP contribution in [0.15, 0.2) is 0 Å². The van der Waals surface area contributed by atoms with Crippen LogP contribution in [0.1, 0.15) is 0 Å². The molecule has 0 aromatic heterocycles. The van der Waals surface area contributed by atoms with E-state index in [9.17, 15) is 14.2 Å². The van der Waals surface area contributed by atoms with Gasteiger partial charge in [0, 0.05) is 0 Å². The molecule has 0 bridgehead atoms.